The lowest BCUT2D eigenvalue weighted by Gasteiger charge is -2.22. The molecule has 0 spiro atoms. The summed E-state index contributed by atoms with van der Waals surface area (Å²) in [4.78, 5) is 0. The van der Waals surface area contributed by atoms with Crippen molar-refractivity contribution in [1.29, 1.82) is 0 Å². The summed E-state index contributed by atoms with van der Waals surface area (Å²) in [5.74, 6) is 7.16. The Bertz CT molecular complexity index is 584. The van der Waals surface area contributed by atoms with E-state index in [2.05, 4.69) is 24.5 Å². The highest BCUT2D eigenvalue weighted by Gasteiger charge is 2.20. The first kappa shape index (κ1) is 14.4. The molecule has 3 N–H and O–H groups in total. The molecule has 0 aliphatic rings. The van der Waals surface area contributed by atoms with Crippen LogP contribution in [0.2, 0.25) is 0 Å². The maximum absolute atomic E-state index is 5.77. The van der Waals surface area contributed by atoms with E-state index in [-0.39, 0.29) is 6.04 Å². The molecule has 0 saturated carbocycles. The van der Waals surface area contributed by atoms with E-state index in [0.717, 1.165) is 11.1 Å². The molecule has 2 aromatic rings. The third kappa shape index (κ3) is 2.61. The van der Waals surface area contributed by atoms with Crippen LogP contribution in [0.3, 0.4) is 0 Å². The summed E-state index contributed by atoms with van der Waals surface area (Å²) in [5, 5.41) is 0. The Labute approximate surface area is 119 Å². The highest BCUT2D eigenvalue weighted by molar-refractivity contribution is 5.51. The quantitative estimate of drug-likeness (QED) is 0.649. The van der Waals surface area contributed by atoms with Gasteiger partial charge in [0.05, 0.1) is 20.3 Å². The summed E-state index contributed by atoms with van der Waals surface area (Å²) in [5.41, 5.74) is 6.09. The standard InChI is InChI=1S/C16H20N2O2/c1-11-7-4-5-8-12(11)15(18-17)13-9-6-10-14(19-2)16(13)20-3/h4-10,15,18H,17H2,1-3H3. The fraction of sp³-hybridized carbons (Fsp3) is 0.250. The van der Waals surface area contributed by atoms with Crippen LogP contribution in [0, 0.1) is 6.92 Å². The maximum atomic E-state index is 5.77. The molecule has 106 valence electrons. The van der Waals surface area contributed by atoms with Crippen molar-refractivity contribution in [3.63, 3.8) is 0 Å². The second-order valence-electron chi connectivity index (χ2n) is 4.54. The number of hydrogen-bond acceptors (Lipinski definition) is 4. The lowest BCUT2D eigenvalue weighted by molar-refractivity contribution is 0.349. The zero-order valence-corrected chi connectivity index (χ0v) is 12.0. The van der Waals surface area contributed by atoms with Crippen LogP contribution in [0.25, 0.3) is 0 Å². The van der Waals surface area contributed by atoms with E-state index in [1.807, 2.05) is 30.3 Å². The van der Waals surface area contributed by atoms with Crippen LogP contribution in [0.4, 0.5) is 0 Å². The summed E-state index contributed by atoms with van der Waals surface area (Å²) in [6.07, 6.45) is 0. The van der Waals surface area contributed by atoms with Crippen LogP contribution < -0.4 is 20.7 Å². The van der Waals surface area contributed by atoms with Gasteiger partial charge in [0, 0.05) is 5.56 Å². The Hall–Kier alpha value is -2.04. The summed E-state index contributed by atoms with van der Waals surface area (Å²) in [6, 6.07) is 13.8. The predicted molar refractivity (Wildman–Crippen MR) is 79.9 cm³/mol. The Morgan fingerprint density at radius 2 is 1.65 bits per heavy atom. The van der Waals surface area contributed by atoms with Crippen molar-refractivity contribution in [3.05, 3.63) is 59.2 Å². The Kier molecular flexibility index (Phi) is 4.61. The van der Waals surface area contributed by atoms with E-state index in [9.17, 15) is 0 Å². The van der Waals surface area contributed by atoms with Crippen LogP contribution in [-0.2, 0) is 0 Å². The fourth-order valence-corrected chi connectivity index (χ4v) is 2.40. The van der Waals surface area contributed by atoms with E-state index in [1.165, 1.54) is 5.56 Å². The van der Waals surface area contributed by atoms with Crippen LogP contribution in [0.5, 0.6) is 11.5 Å². The second-order valence-corrected chi connectivity index (χ2v) is 4.54. The van der Waals surface area contributed by atoms with E-state index in [4.69, 9.17) is 15.3 Å². The van der Waals surface area contributed by atoms with Gasteiger partial charge in [-0.1, -0.05) is 36.4 Å². The minimum Gasteiger partial charge on any atom is -0.493 e. The molecular weight excluding hydrogens is 252 g/mol. The van der Waals surface area contributed by atoms with Crippen molar-refractivity contribution in [2.75, 3.05) is 14.2 Å². The molecule has 0 aliphatic carbocycles. The Morgan fingerprint density at radius 1 is 0.950 bits per heavy atom. The fourth-order valence-electron chi connectivity index (χ4n) is 2.40. The number of methoxy groups -OCH3 is 2. The van der Waals surface area contributed by atoms with Crippen molar-refractivity contribution in [2.24, 2.45) is 5.84 Å². The molecule has 0 radical (unpaired) electrons. The van der Waals surface area contributed by atoms with Crippen molar-refractivity contribution < 1.29 is 9.47 Å². The molecule has 1 unspecified atom stereocenters. The molecule has 20 heavy (non-hydrogen) atoms. The molecular formula is C16H20N2O2. The molecule has 0 aromatic heterocycles. The lowest BCUT2D eigenvalue weighted by Crippen LogP contribution is -2.29. The minimum absolute atomic E-state index is 0.152. The van der Waals surface area contributed by atoms with Crippen LogP contribution in [-0.4, -0.2) is 14.2 Å². The van der Waals surface area contributed by atoms with Crippen molar-refractivity contribution in [2.45, 2.75) is 13.0 Å². The number of para-hydroxylation sites is 1. The number of benzene rings is 2. The van der Waals surface area contributed by atoms with E-state index in [1.54, 1.807) is 14.2 Å². The Balaban J connectivity index is 2.55. The number of ether oxygens (including phenoxy) is 2. The van der Waals surface area contributed by atoms with Gasteiger partial charge < -0.3 is 9.47 Å². The van der Waals surface area contributed by atoms with Gasteiger partial charge in [-0.05, 0) is 24.1 Å². The first-order valence-electron chi connectivity index (χ1n) is 6.45. The molecule has 0 bridgehead atoms. The average molecular weight is 272 g/mol. The van der Waals surface area contributed by atoms with Gasteiger partial charge in [0.2, 0.25) is 0 Å². The molecule has 0 amide bonds. The molecule has 0 fully saturated rings. The summed E-state index contributed by atoms with van der Waals surface area (Å²) < 4.78 is 10.8. The van der Waals surface area contributed by atoms with Gasteiger partial charge in [0.25, 0.3) is 0 Å². The van der Waals surface area contributed by atoms with Gasteiger partial charge in [-0.15, -0.1) is 0 Å². The molecule has 0 heterocycles. The van der Waals surface area contributed by atoms with Gasteiger partial charge in [-0.3, -0.25) is 5.84 Å². The smallest absolute Gasteiger partial charge is 0.165 e. The van der Waals surface area contributed by atoms with Gasteiger partial charge in [0.1, 0.15) is 0 Å². The molecule has 1 atom stereocenters. The van der Waals surface area contributed by atoms with Gasteiger partial charge in [-0.25, -0.2) is 5.43 Å². The highest BCUT2D eigenvalue weighted by atomic mass is 16.5. The largest absolute Gasteiger partial charge is 0.493 e. The zero-order valence-electron chi connectivity index (χ0n) is 12.0. The number of hydrazine groups is 1. The monoisotopic (exact) mass is 272 g/mol. The van der Waals surface area contributed by atoms with Crippen LogP contribution >= 0.6 is 0 Å². The summed E-state index contributed by atoms with van der Waals surface area (Å²) in [7, 11) is 3.26. The first-order valence-corrected chi connectivity index (χ1v) is 6.45. The normalized spacial score (nSPS) is 12.0. The summed E-state index contributed by atoms with van der Waals surface area (Å²) in [6.45, 7) is 2.06. The number of nitrogens with two attached hydrogens (primary N) is 1. The molecule has 0 aliphatic heterocycles. The second kappa shape index (κ2) is 6.41. The van der Waals surface area contributed by atoms with E-state index in [0.29, 0.717) is 11.5 Å². The third-order valence-electron chi connectivity index (χ3n) is 3.41. The van der Waals surface area contributed by atoms with Crippen molar-refractivity contribution >= 4 is 0 Å². The predicted octanol–water partition coefficient (Wildman–Crippen LogP) is 2.56. The van der Waals surface area contributed by atoms with Gasteiger partial charge >= 0.3 is 0 Å². The molecule has 4 nitrogen and oxygen atoms in total. The first-order chi connectivity index (χ1) is 9.72. The van der Waals surface area contributed by atoms with Gasteiger partial charge in [-0.2, -0.15) is 0 Å². The van der Waals surface area contributed by atoms with Crippen LogP contribution in [0.15, 0.2) is 42.5 Å². The number of aryl methyl sites for hydroxylation is 1. The minimum atomic E-state index is -0.152. The summed E-state index contributed by atoms with van der Waals surface area (Å²) >= 11 is 0. The molecule has 2 rings (SSSR count). The van der Waals surface area contributed by atoms with E-state index >= 15 is 0 Å². The number of hydrogen-bond donors (Lipinski definition) is 2. The zero-order chi connectivity index (χ0) is 14.5. The average Bonchev–Trinajstić information content (AvgIpc) is 2.49. The van der Waals surface area contributed by atoms with Crippen molar-refractivity contribution in [3.8, 4) is 11.5 Å². The highest BCUT2D eigenvalue weighted by Crippen LogP contribution is 2.37. The topological polar surface area (TPSA) is 56.5 Å². The SMILES string of the molecule is COc1cccc(C(NN)c2ccccc2C)c1OC. The maximum Gasteiger partial charge on any atom is 0.165 e. The van der Waals surface area contributed by atoms with Crippen molar-refractivity contribution in [1.82, 2.24) is 5.43 Å². The number of rotatable bonds is 5. The Morgan fingerprint density at radius 3 is 2.25 bits per heavy atom. The van der Waals surface area contributed by atoms with E-state index < -0.39 is 0 Å². The third-order valence-corrected chi connectivity index (χ3v) is 3.41. The molecule has 4 heteroatoms. The molecule has 0 saturated heterocycles. The van der Waals surface area contributed by atoms with Crippen LogP contribution in [0.1, 0.15) is 22.7 Å². The van der Waals surface area contributed by atoms with Gasteiger partial charge in [0.15, 0.2) is 11.5 Å². The lowest BCUT2D eigenvalue weighted by atomic mass is 9.94. The number of nitrogens with one attached hydrogen (secondary N) is 1. The molecule has 2 aromatic carbocycles.